The Bertz CT molecular complexity index is 1230. The third-order valence-corrected chi connectivity index (χ3v) is 9.61. The van der Waals surface area contributed by atoms with E-state index in [2.05, 4.69) is 64.8 Å². The Labute approximate surface area is 223 Å². The summed E-state index contributed by atoms with van der Waals surface area (Å²) < 4.78 is 2.00. The zero-order chi connectivity index (χ0) is 25.5. The van der Waals surface area contributed by atoms with Gasteiger partial charge in [-0.25, -0.2) is 9.50 Å². The summed E-state index contributed by atoms with van der Waals surface area (Å²) in [7, 11) is 2.13. The molecule has 0 radical (unpaired) electrons. The second-order valence-corrected chi connectivity index (χ2v) is 12.2. The molecule has 1 aromatic carbocycles. The van der Waals surface area contributed by atoms with Crippen LogP contribution in [0.2, 0.25) is 0 Å². The first-order valence-electron chi connectivity index (χ1n) is 13.9. The Morgan fingerprint density at radius 1 is 0.892 bits per heavy atom. The molecule has 0 N–H and O–H groups in total. The third kappa shape index (κ3) is 4.95. The molecule has 3 aliphatic rings. The summed E-state index contributed by atoms with van der Waals surface area (Å²) in [5, 5.41) is 5.95. The Hall–Kier alpha value is -2.65. The van der Waals surface area contributed by atoms with Crippen molar-refractivity contribution in [3.63, 3.8) is 0 Å². The molecule has 198 valence electrons. The Morgan fingerprint density at radius 2 is 1.54 bits per heavy atom. The van der Waals surface area contributed by atoms with Gasteiger partial charge in [-0.2, -0.15) is 0 Å². The number of carbonyl (C=O) groups is 1. The van der Waals surface area contributed by atoms with E-state index in [-0.39, 0.29) is 5.92 Å². The number of piperidine rings is 2. The number of likely N-dealkylation sites (N-methyl/N-ethyl adjacent to an activating group) is 1. The summed E-state index contributed by atoms with van der Waals surface area (Å²) in [5.41, 5.74) is 4.55. The van der Waals surface area contributed by atoms with E-state index in [0.29, 0.717) is 5.91 Å². The highest BCUT2D eigenvalue weighted by Gasteiger charge is 2.31. The zero-order valence-corrected chi connectivity index (χ0v) is 23.2. The van der Waals surface area contributed by atoms with Gasteiger partial charge in [-0.3, -0.25) is 4.79 Å². The van der Waals surface area contributed by atoms with Crippen LogP contribution < -0.4 is 9.80 Å². The van der Waals surface area contributed by atoms with E-state index in [9.17, 15) is 4.79 Å². The average Bonchev–Trinajstić information content (AvgIpc) is 3.49. The molecule has 6 rings (SSSR count). The predicted molar refractivity (Wildman–Crippen MR) is 151 cm³/mol. The molecule has 0 spiro atoms. The van der Waals surface area contributed by atoms with E-state index in [0.717, 1.165) is 98.2 Å². The molecule has 8 nitrogen and oxygen atoms in total. The molecule has 3 aromatic rings. The predicted octanol–water partition coefficient (Wildman–Crippen LogP) is 3.99. The first-order valence-corrected chi connectivity index (χ1v) is 14.7. The lowest BCUT2D eigenvalue weighted by molar-refractivity contribution is -0.137. The summed E-state index contributed by atoms with van der Waals surface area (Å²) in [6.45, 7) is 12.2. The van der Waals surface area contributed by atoms with Crippen LogP contribution in [0.4, 0.5) is 10.8 Å². The molecule has 9 heteroatoms. The van der Waals surface area contributed by atoms with Gasteiger partial charge in [0.05, 0.1) is 11.4 Å². The van der Waals surface area contributed by atoms with Crippen molar-refractivity contribution < 1.29 is 4.79 Å². The molecule has 3 saturated heterocycles. The van der Waals surface area contributed by atoms with E-state index in [1.54, 1.807) is 11.3 Å². The topological polar surface area (TPSA) is 60.2 Å². The minimum atomic E-state index is 0.147. The fourth-order valence-corrected chi connectivity index (χ4v) is 6.94. The number of aryl methyl sites for hydroxylation is 1. The Balaban J connectivity index is 1.10. The fourth-order valence-electron chi connectivity index (χ4n) is 5.94. The van der Waals surface area contributed by atoms with Crippen LogP contribution in [0.3, 0.4) is 0 Å². The lowest BCUT2D eigenvalue weighted by atomic mass is 9.95. The van der Waals surface area contributed by atoms with Crippen LogP contribution in [0.1, 0.15) is 38.3 Å². The second-order valence-electron chi connectivity index (χ2n) is 11.2. The van der Waals surface area contributed by atoms with E-state index < -0.39 is 0 Å². The average molecular weight is 522 g/mol. The number of hydrogen-bond donors (Lipinski definition) is 0. The maximum atomic E-state index is 13.0. The van der Waals surface area contributed by atoms with Crippen molar-refractivity contribution in [2.24, 2.45) is 11.8 Å². The SMILES string of the molecule is Cc1c(-c2ccc(N3CCC(C)CC3)cc2)nc2sc(N3CCC(C(=O)N4CCN(C)CC4)CC3)nn12. The van der Waals surface area contributed by atoms with Crippen LogP contribution in [0.25, 0.3) is 16.2 Å². The van der Waals surface area contributed by atoms with Gasteiger partial charge >= 0.3 is 0 Å². The van der Waals surface area contributed by atoms with Crippen molar-refractivity contribution in [1.29, 1.82) is 0 Å². The highest BCUT2D eigenvalue weighted by molar-refractivity contribution is 7.20. The molecule has 0 aliphatic carbocycles. The van der Waals surface area contributed by atoms with Crippen molar-refractivity contribution in [1.82, 2.24) is 24.4 Å². The standard InChI is InChI=1S/C28H39N7OS/c1-20-8-12-32(13-9-20)24-6-4-22(5-7-24)25-21(2)35-27(29-25)37-28(30-35)34-14-10-23(11-15-34)26(36)33-18-16-31(3)17-19-33/h4-7,20,23H,8-19H2,1-3H3. The number of carbonyl (C=O) groups excluding carboxylic acids is 1. The highest BCUT2D eigenvalue weighted by atomic mass is 32.1. The van der Waals surface area contributed by atoms with Gasteiger partial charge in [-0.15, -0.1) is 5.10 Å². The van der Waals surface area contributed by atoms with Gasteiger partial charge in [-0.1, -0.05) is 30.4 Å². The lowest BCUT2D eigenvalue weighted by Crippen LogP contribution is -2.50. The molecule has 5 heterocycles. The minimum Gasteiger partial charge on any atom is -0.372 e. The van der Waals surface area contributed by atoms with E-state index in [1.807, 2.05) is 4.52 Å². The normalized spacial score (nSPS) is 20.8. The molecular formula is C28H39N7OS. The number of benzene rings is 1. The molecule has 3 fully saturated rings. The second kappa shape index (κ2) is 10.3. The van der Waals surface area contributed by atoms with Gasteiger partial charge in [0.15, 0.2) is 0 Å². The number of anilines is 2. The van der Waals surface area contributed by atoms with Gasteiger partial charge < -0.3 is 19.6 Å². The Morgan fingerprint density at radius 3 is 2.19 bits per heavy atom. The minimum absolute atomic E-state index is 0.147. The molecule has 1 amide bonds. The number of nitrogens with zero attached hydrogens (tertiary/aromatic N) is 7. The molecule has 0 atom stereocenters. The van der Waals surface area contributed by atoms with Crippen molar-refractivity contribution in [3.8, 4) is 11.3 Å². The molecule has 3 aliphatic heterocycles. The highest BCUT2D eigenvalue weighted by Crippen LogP contribution is 2.33. The quantitative estimate of drug-likeness (QED) is 0.518. The van der Waals surface area contributed by atoms with Gasteiger partial charge in [0.25, 0.3) is 0 Å². The summed E-state index contributed by atoms with van der Waals surface area (Å²) >= 11 is 1.66. The number of aromatic nitrogens is 3. The zero-order valence-electron chi connectivity index (χ0n) is 22.4. The van der Waals surface area contributed by atoms with E-state index in [1.165, 1.54) is 18.5 Å². The molecule has 0 unspecified atom stereocenters. The smallest absolute Gasteiger partial charge is 0.225 e. The molecule has 37 heavy (non-hydrogen) atoms. The first-order chi connectivity index (χ1) is 18.0. The molecule has 2 aromatic heterocycles. The summed E-state index contributed by atoms with van der Waals surface area (Å²) in [6, 6.07) is 8.89. The number of imidazole rings is 1. The van der Waals surface area contributed by atoms with Gasteiger partial charge in [0.1, 0.15) is 0 Å². The number of piperazine rings is 1. The van der Waals surface area contributed by atoms with Gasteiger partial charge in [0.2, 0.25) is 16.0 Å². The van der Waals surface area contributed by atoms with Gasteiger partial charge in [0, 0.05) is 69.5 Å². The number of hydrogen-bond acceptors (Lipinski definition) is 7. The first kappa shape index (κ1) is 24.7. The number of rotatable bonds is 4. The Kier molecular flexibility index (Phi) is 6.84. The van der Waals surface area contributed by atoms with Crippen LogP contribution >= 0.6 is 11.3 Å². The fraction of sp³-hybridized carbons (Fsp3) is 0.607. The summed E-state index contributed by atoms with van der Waals surface area (Å²) in [4.78, 5) is 28.1. The van der Waals surface area contributed by atoms with Gasteiger partial charge in [-0.05, 0) is 57.7 Å². The van der Waals surface area contributed by atoms with Crippen molar-refractivity contribution in [2.45, 2.75) is 39.5 Å². The number of fused-ring (bicyclic) bond motifs is 1. The maximum absolute atomic E-state index is 13.0. The monoisotopic (exact) mass is 521 g/mol. The van der Waals surface area contributed by atoms with Crippen molar-refractivity contribution in [3.05, 3.63) is 30.0 Å². The van der Waals surface area contributed by atoms with Crippen LogP contribution in [-0.2, 0) is 4.79 Å². The molecule has 0 bridgehead atoms. The van der Waals surface area contributed by atoms with Crippen molar-refractivity contribution in [2.75, 3.05) is 69.2 Å². The van der Waals surface area contributed by atoms with Crippen LogP contribution in [0.15, 0.2) is 24.3 Å². The van der Waals surface area contributed by atoms with Crippen LogP contribution in [0, 0.1) is 18.8 Å². The molecular weight excluding hydrogens is 482 g/mol. The third-order valence-electron chi connectivity index (χ3n) is 8.64. The maximum Gasteiger partial charge on any atom is 0.225 e. The van der Waals surface area contributed by atoms with Crippen LogP contribution in [0.5, 0.6) is 0 Å². The number of amides is 1. The summed E-state index contributed by atoms with van der Waals surface area (Å²) in [5.74, 6) is 1.33. The van der Waals surface area contributed by atoms with Crippen molar-refractivity contribution >= 4 is 33.0 Å². The van der Waals surface area contributed by atoms with E-state index >= 15 is 0 Å². The molecule has 0 saturated carbocycles. The summed E-state index contributed by atoms with van der Waals surface area (Å²) in [6.07, 6.45) is 4.35. The largest absolute Gasteiger partial charge is 0.372 e. The lowest BCUT2D eigenvalue weighted by Gasteiger charge is -2.37. The van der Waals surface area contributed by atoms with Crippen LogP contribution in [-0.4, -0.2) is 89.7 Å². The van der Waals surface area contributed by atoms with E-state index in [4.69, 9.17) is 10.1 Å².